The minimum absolute atomic E-state index is 0.0294. The van der Waals surface area contributed by atoms with Gasteiger partial charge in [0.1, 0.15) is 5.75 Å². The molecular formula is C26H35NO6S. The summed E-state index contributed by atoms with van der Waals surface area (Å²) in [7, 11) is -0.797. The molecule has 2 aromatic carbocycles. The van der Waals surface area contributed by atoms with Gasteiger partial charge in [0.2, 0.25) is 10.0 Å². The molecular weight excluding hydrogens is 454 g/mol. The van der Waals surface area contributed by atoms with Gasteiger partial charge in [-0.2, -0.15) is 4.31 Å². The Hall–Kier alpha value is -1.97. The number of hydrogen-bond acceptors (Lipinski definition) is 6. The zero-order valence-electron chi connectivity index (χ0n) is 20.1. The van der Waals surface area contributed by atoms with Crippen LogP contribution in [0, 0.1) is 0 Å². The Morgan fingerprint density at radius 1 is 1.12 bits per heavy atom. The first kappa shape index (κ1) is 25.1. The highest BCUT2D eigenvalue weighted by atomic mass is 32.2. The Morgan fingerprint density at radius 2 is 1.79 bits per heavy atom. The van der Waals surface area contributed by atoms with Crippen LogP contribution in [0.2, 0.25) is 0 Å². The van der Waals surface area contributed by atoms with Crippen LogP contribution in [0.4, 0.5) is 0 Å². The third kappa shape index (κ3) is 4.62. The summed E-state index contributed by atoms with van der Waals surface area (Å²) >= 11 is 0. The normalized spacial score (nSPS) is 31.8. The van der Waals surface area contributed by atoms with Crippen LogP contribution >= 0.6 is 0 Å². The molecule has 186 valence electrons. The fourth-order valence-electron chi connectivity index (χ4n) is 5.81. The second kappa shape index (κ2) is 9.59. The second-order valence-corrected chi connectivity index (χ2v) is 11.8. The van der Waals surface area contributed by atoms with E-state index in [0.29, 0.717) is 31.4 Å². The van der Waals surface area contributed by atoms with Gasteiger partial charge in [-0.25, -0.2) is 8.42 Å². The first-order valence-electron chi connectivity index (χ1n) is 11.8. The first-order chi connectivity index (χ1) is 16.1. The number of fused-ring (bicyclic) bond motifs is 2. The molecule has 0 spiro atoms. The van der Waals surface area contributed by atoms with E-state index in [2.05, 4.69) is 12.1 Å². The molecule has 0 amide bonds. The molecule has 2 saturated heterocycles. The summed E-state index contributed by atoms with van der Waals surface area (Å²) in [6.07, 6.45) is 1.69. The second-order valence-electron chi connectivity index (χ2n) is 9.83. The Kier molecular flexibility index (Phi) is 7.09. The lowest BCUT2D eigenvalue weighted by Gasteiger charge is -2.50. The van der Waals surface area contributed by atoms with E-state index >= 15 is 0 Å². The highest BCUT2D eigenvalue weighted by molar-refractivity contribution is 7.89. The lowest BCUT2D eigenvalue weighted by molar-refractivity contribution is -0.225. The highest BCUT2D eigenvalue weighted by Gasteiger charge is 2.56. The number of hydrogen-bond donors (Lipinski definition) is 2. The predicted octanol–water partition coefficient (Wildman–Crippen LogP) is 3.31. The summed E-state index contributed by atoms with van der Waals surface area (Å²) in [6, 6.07) is 15.8. The van der Waals surface area contributed by atoms with Gasteiger partial charge in [0, 0.05) is 13.7 Å². The third-order valence-corrected chi connectivity index (χ3v) is 9.54. The van der Waals surface area contributed by atoms with E-state index in [1.54, 1.807) is 12.1 Å². The van der Waals surface area contributed by atoms with Gasteiger partial charge in [-0.15, -0.1) is 0 Å². The fraction of sp³-hybridized carbons (Fsp3) is 0.538. The van der Waals surface area contributed by atoms with Crippen LogP contribution in [-0.2, 0) is 14.8 Å². The van der Waals surface area contributed by atoms with Crippen molar-refractivity contribution in [2.75, 3.05) is 20.8 Å². The third-order valence-electron chi connectivity index (χ3n) is 7.65. The number of aliphatic hydroxyl groups excluding tert-OH is 2. The van der Waals surface area contributed by atoms with Gasteiger partial charge in [-0.3, -0.25) is 0 Å². The smallest absolute Gasteiger partial charge is 0.243 e. The van der Waals surface area contributed by atoms with Crippen LogP contribution in [-0.4, -0.2) is 67.0 Å². The molecule has 34 heavy (non-hydrogen) atoms. The van der Waals surface area contributed by atoms with E-state index < -0.39 is 33.4 Å². The monoisotopic (exact) mass is 489 g/mol. The minimum atomic E-state index is -3.85. The predicted molar refractivity (Wildman–Crippen MR) is 129 cm³/mol. The van der Waals surface area contributed by atoms with Gasteiger partial charge < -0.3 is 19.7 Å². The molecule has 0 aromatic heterocycles. The van der Waals surface area contributed by atoms with Crippen LogP contribution in [0.25, 0.3) is 0 Å². The number of benzene rings is 2. The maximum absolute atomic E-state index is 13.5. The van der Waals surface area contributed by atoms with E-state index in [0.717, 1.165) is 6.42 Å². The number of aliphatic hydroxyl groups is 2. The van der Waals surface area contributed by atoms with Crippen LogP contribution in [0.3, 0.4) is 0 Å². The molecule has 0 aliphatic carbocycles. The molecule has 0 saturated carbocycles. The zero-order chi connectivity index (χ0) is 24.6. The Balaban J connectivity index is 1.67. The van der Waals surface area contributed by atoms with Gasteiger partial charge in [0.05, 0.1) is 35.4 Å². The largest absolute Gasteiger partial charge is 0.497 e. The van der Waals surface area contributed by atoms with Crippen LogP contribution in [0.5, 0.6) is 5.75 Å². The minimum Gasteiger partial charge on any atom is -0.497 e. The van der Waals surface area contributed by atoms with E-state index in [1.807, 2.05) is 25.1 Å². The molecule has 0 unspecified atom stereocenters. The van der Waals surface area contributed by atoms with E-state index in [1.165, 1.54) is 36.2 Å². The first-order valence-corrected chi connectivity index (χ1v) is 13.2. The molecule has 4 rings (SSSR count). The molecule has 2 aliphatic rings. The van der Waals surface area contributed by atoms with Crippen LogP contribution in [0.15, 0.2) is 59.5 Å². The Morgan fingerprint density at radius 3 is 2.41 bits per heavy atom. The van der Waals surface area contributed by atoms with Crippen molar-refractivity contribution in [2.45, 2.75) is 73.2 Å². The van der Waals surface area contributed by atoms with E-state index in [4.69, 9.17) is 9.47 Å². The van der Waals surface area contributed by atoms with Gasteiger partial charge in [0.15, 0.2) is 0 Å². The molecule has 7 nitrogen and oxygen atoms in total. The quantitative estimate of drug-likeness (QED) is 0.620. The molecule has 2 fully saturated rings. The molecule has 2 N–H and O–H groups in total. The van der Waals surface area contributed by atoms with Crippen molar-refractivity contribution < 1.29 is 28.1 Å². The molecule has 8 heteroatoms. The molecule has 2 aromatic rings. The molecule has 2 aliphatic heterocycles. The van der Waals surface area contributed by atoms with Crippen molar-refractivity contribution in [3.05, 3.63) is 60.2 Å². The summed E-state index contributed by atoms with van der Waals surface area (Å²) in [5.74, 6) is 0.715. The SMILES string of the molecule is COc1ccc(S(=O)(=O)N(C)[C@H]2CC[C@@]3(CCO)C[C@H](c4ccccc4)C[C@](C)(O3)[C@@H]2O)cc1. The highest BCUT2D eigenvalue weighted by Crippen LogP contribution is 2.51. The van der Waals surface area contributed by atoms with Gasteiger partial charge in [-0.05, 0) is 74.8 Å². The van der Waals surface area contributed by atoms with Crippen LogP contribution in [0.1, 0.15) is 50.5 Å². The van der Waals surface area contributed by atoms with Crippen molar-refractivity contribution in [1.82, 2.24) is 4.31 Å². The van der Waals surface area contributed by atoms with E-state index in [9.17, 15) is 18.6 Å². The van der Waals surface area contributed by atoms with Gasteiger partial charge in [0.25, 0.3) is 0 Å². The number of nitrogens with zero attached hydrogens (tertiary/aromatic N) is 1. The number of likely N-dealkylation sites (N-methyl/N-ethyl adjacent to an activating group) is 1. The average molecular weight is 490 g/mol. The van der Waals surface area contributed by atoms with Crippen molar-refractivity contribution in [3.63, 3.8) is 0 Å². The van der Waals surface area contributed by atoms with Gasteiger partial charge in [-0.1, -0.05) is 30.3 Å². The van der Waals surface area contributed by atoms with Crippen molar-refractivity contribution in [1.29, 1.82) is 0 Å². The number of rotatable bonds is 7. The summed E-state index contributed by atoms with van der Waals surface area (Å²) in [6.45, 7) is 1.85. The van der Waals surface area contributed by atoms with Gasteiger partial charge >= 0.3 is 0 Å². The number of methoxy groups -OCH3 is 1. The van der Waals surface area contributed by atoms with E-state index in [-0.39, 0.29) is 17.4 Å². The lowest BCUT2D eigenvalue weighted by Crippen LogP contribution is -2.58. The topological polar surface area (TPSA) is 96.3 Å². The molecule has 5 atom stereocenters. The summed E-state index contributed by atoms with van der Waals surface area (Å²) in [4.78, 5) is 0.147. The summed E-state index contributed by atoms with van der Waals surface area (Å²) < 4.78 is 40.0. The maximum atomic E-state index is 13.5. The van der Waals surface area contributed by atoms with Crippen molar-refractivity contribution in [3.8, 4) is 5.75 Å². The maximum Gasteiger partial charge on any atom is 0.243 e. The molecule has 2 bridgehead atoms. The number of sulfonamides is 1. The molecule has 2 heterocycles. The summed E-state index contributed by atoms with van der Waals surface area (Å²) in [5, 5.41) is 21.5. The van der Waals surface area contributed by atoms with Crippen molar-refractivity contribution >= 4 is 10.0 Å². The summed E-state index contributed by atoms with van der Waals surface area (Å²) in [5.41, 5.74) is -0.411. The number of ether oxygens (including phenoxy) is 2. The molecule has 0 radical (unpaired) electrons. The average Bonchev–Trinajstić information content (AvgIpc) is 2.91. The lowest BCUT2D eigenvalue weighted by atomic mass is 9.73. The Labute approximate surface area is 202 Å². The van der Waals surface area contributed by atoms with Crippen LogP contribution < -0.4 is 4.74 Å². The zero-order valence-corrected chi connectivity index (χ0v) is 20.9. The van der Waals surface area contributed by atoms with Crippen molar-refractivity contribution in [2.24, 2.45) is 0 Å². The fourth-order valence-corrected chi connectivity index (χ4v) is 7.20. The standard InChI is InChI=1S/C26H35NO6S/c1-25-17-20(19-7-5-4-6-8-19)18-26(33-25,15-16-28)14-13-23(24(25)29)27(2)34(30,31)22-11-9-21(32-3)10-12-22/h4-12,20,23-24,28-29H,13-18H2,1-3H3/t20-,23+,24-,25+,26-/m1/s1. The Bertz CT molecular complexity index is 1080.